The fourth-order valence-corrected chi connectivity index (χ4v) is 2.15. The number of quaternary nitrogens is 1. The minimum Gasteiger partial charge on any atom is -0.396 e. The maximum Gasteiger partial charge on any atom is 0.0978 e. The zero-order chi connectivity index (χ0) is 13.9. The smallest absolute Gasteiger partial charge is 0.0978 e. The summed E-state index contributed by atoms with van der Waals surface area (Å²) in [7, 11) is 0. The number of aliphatic hydroxyl groups is 1. The molecule has 0 spiro atoms. The molecule has 0 aromatic heterocycles. The lowest BCUT2D eigenvalue weighted by atomic mass is 10.1. The molecule has 2 nitrogen and oxygen atoms in total. The molecule has 0 aromatic carbocycles. The highest BCUT2D eigenvalue weighted by molar-refractivity contribution is 4.85. The third kappa shape index (κ3) is 6.77. The molecule has 0 bridgehead atoms. The van der Waals surface area contributed by atoms with Crippen LogP contribution in [0.3, 0.4) is 0 Å². The molecule has 2 heteroatoms. The van der Waals surface area contributed by atoms with Crippen LogP contribution in [0.15, 0.2) is 36.5 Å². The summed E-state index contributed by atoms with van der Waals surface area (Å²) in [5, 5.41) is 9.31. The van der Waals surface area contributed by atoms with Crippen molar-refractivity contribution in [2.75, 3.05) is 32.8 Å². The van der Waals surface area contributed by atoms with Gasteiger partial charge in [-0.25, -0.2) is 0 Å². The Hall–Kier alpha value is -0.860. The van der Waals surface area contributed by atoms with E-state index in [1.165, 1.54) is 0 Å². The second-order valence-corrected chi connectivity index (χ2v) is 5.07. The van der Waals surface area contributed by atoms with Gasteiger partial charge in [0.25, 0.3) is 0 Å². The topological polar surface area (TPSA) is 20.2 Å². The molecule has 0 saturated heterocycles. The summed E-state index contributed by atoms with van der Waals surface area (Å²) >= 11 is 0. The van der Waals surface area contributed by atoms with Gasteiger partial charge in [-0.15, -0.1) is 0 Å². The molecule has 0 saturated carbocycles. The number of rotatable bonds is 9. The van der Waals surface area contributed by atoms with Crippen molar-refractivity contribution in [1.82, 2.24) is 0 Å². The molecule has 0 amide bonds. The first-order valence-corrected chi connectivity index (χ1v) is 6.93. The van der Waals surface area contributed by atoms with Crippen LogP contribution in [-0.2, 0) is 0 Å². The van der Waals surface area contributed by atoms with E-state index >= 15 is 0 Å². The van der Waals surface area contributed by atoms with Crippen molar-refractivity contribution >= 4 is 0 Å². The van der Waals surface area contributed by atoms with Crippen molar-refractivity contribution in [3.63, 3.8) is 0 Å². The lowest BCUT2D eigenvalue weighted by Crippen LogP contribution is -2.51. The highest BCUT2D eigenvalue weighted by atomic mass is 16.3. The van der Waals surface area contributed by atoms with Crippen molar-refractivity contribution in [2.45, 2.75) is 27.7 Å². The van der Waals surface area contributed by atoms with E-state index < -0.39 is 0 Å². The van der Waals surface area contributed by atoms with Gasteiger partial charge < -0.3 is 9.59 Å². The lowest BCUT2D eigenvalue weighted by Gasteiger charge is -2.38. The van der Waals surface area contributed by atoms with Crippen LogP contribution in [0, 0.1) is 5.92 Å². The molecule has 0 aromatic rings. The quantitative estimate of drug-likeness (QED) is 0.494. The fourth-order valence-electron chi connectivity index (χ4n) is 2.15. The standard InChI is InChI=1S/C16H30NO/c1-5-8-11-17(12-9-6-2,13-10-7-3)14-16(4)15-18/h5-10,16,18H,11-15H2,1-4H3/q+1. The second kappa shape index (κ2) is 10.1. The van der Waals surface area contributed by atoms with Crippen LogP contribution in [0.4, 0.5) is 0 Å². The number of nitrogens with zero attached hydrogens (tertiary/aromatic N) is 1. The van der Waals surface area contributed by atoms with Gasteiger partial charge in [0, 0.05) is 5.92 Å². The van der Waals surface area contributed by atoms with Crippen LogP contribution in [0.1, 0.15) is 27.7 Å². The van der Waals surface area contributed by atoms with E-state index in [2.05, 4.69) is 64.2 Å². The van der Waals surface area contributed by atoms with E-state index in [9.17, 15) is 5.11 Å². The van der Waals surface area contributed by atoms with Crippen LogP contribution in [0.5, 0.6) is 0 Å². The molecule has 18 heavy (non-hydrogen) atoms. The maximum atomic E-state index is 9.31. The minimum atomic E-state index is 0.265. The fraction of sp³-hybridized carbons (Fsp3) is 0.625. The van der Waals surface area contributed by atoms with Crippen molar-refractivity contribution in [3.8, 4) is 0 Å². The Labute approximate surface area is 113 Å². The first kappa shape index (κ1) is 17.1. The average molecular weight is 252 g/mol. The number of allylic oxidation sites excluding steroid dienone is 3. The maximum absolute atomic E-state index is 9.31. The summed E-state index contributed by atoms with van der Waals surface area (Å²) in [5.74, 6) is 0.339. The molecule has 0 aliphatic carbocycles. The molecule has 1 unspecified atom stereocenters. The predicted molar refractivity (Wildman–Crippen MR) is 80.4 cm³/mol. The van der Waals surface area contributed by atoms with Gasteiger partial charge >= 0.3 is 0 Å². The van der Waals surface area contributed by atoms with Crippen LogP contribution in [0.2, 0.25) is 0 Å². The highest BCUT2D eigenvalue weighted by Gasteiger charge is 2.25. The van der Waals surface area contributed by atoms with Gasteiger partial charge in [-0.1, -0.05) is 25.2 Å². The number of hydrogen-bond acceptors (Lipinski definition) is 1. The molecule has 1 atom stereocenters. The Morgan fingerprint density at radius 2 is 1.28 bits per heavy atom. The predicted octanol–water partition coefficient (Wildman–Crippen LogP) is 3.16. The third-order valence-corrected chi connectivity index (χ3v) is 3.20. The van der Waals surface area contributed by atoms with Crippen LogP contribution in [-0.4, -0.2) is 42.4 Å². The van der Waals surface area contributed by atoms with Gasteiger partial charge in [0.05, 0.1) is 32.8 Å². The van der Waals surface area contributed by atoms with Crippen LogP contribution in [0.25, 0.3) is 0 Å². The highest BCUT2D eigenvalue weighted by Crippen LogP contribution is 2.13. The minimum absolute atomic E-state index is 0.265. The SMILES string of the molecule is CC=CC[N+](CC=CC)(CC=CC)CC(C)CO. The van der Waals surface area contributed by atoms with E-state index in [1.54, 1.807) is 0 Å². The van der Waals surface area contributed by atoms with Gasteiger partial charge in [-0.05, 0) is 39.0 Å². The summed E-state index contributed by atoms with van der Waals surface area (Å²) < 4.78 is 0.987. The van der Waals surface area contributed by atoms with E-state index in [0.717, 1.165) is 30.7 Å². The van der Waals surface area contributed by atoms with E-state index in [4.69, 9.17) is 0 Å². The van der Waals surface area contributed by atoms with Crippen LogP contribution >= 0.6 is 0 Å². The van der Waals surface area contributed by atoms with Gasteiger partial charge in [-0.2, -0.15) is 0 Å². The summed E-state index contributed by atoms with van der Waals surface area (Å²) in [6.07, 6.45) is 13.0. The molecular weight excluding hydrogens is 222 g/mol. The third-order valence-electron chi connectivity index (χ3n) is 3.20. The Morgan fingerprint density at radius 1 is 0.889 bits per heavy atom. The zero-order valence-electron chi connectivity index (χ0n) is 12.5. The lowest BCUT2D eigenvalue weighted by molar-refractivity contribution is -0.915. The Balaban J connectivity index is 4.95. The largest absolute Gasteiger partial charge is 0.396 e. The second-order valence-electron chi connectivity index (χ2n) is 5.07. The molecular formula is C16H30NO+. The molecule has 104 valence electrons. The van der Waals surface area contributed by atoms with Gasteiger partial charge in [0.1, 0.15) is 0 Å². The van der Waals surface area contributed by atoms with Gasteiger partial charge in [-0.3, -0.25) is 0 Å². The summed E-state index contributed by atoms with van der Waals surface area (Å²) in [6.45, 7) is 12.7. The first-order valence-electron chi connectivity index (χ1n) is 6.93. The molecule has 0 radical (unpaired) electrons. The van der Waals surface area contributed by atoms with Crippen molar-refractivity contribution < 1.29 is 9.59 Å². The van der Waals surface area contributed by atoms with Crippen molar-refractivity contribution in [3.05, 3.63) is 36.5 Å². The van der Waals surface area contributed by atoms with E-state index in [-0.39, 0.29) is 6.61 Å². The monoisotopic (exact) mass is 252 g/mol. The summed E-state index contributed by atoms with van der Waals surface area (Å²) in [6, 6.07) is 0. The molecule has 1 N–H and O–H groups in total. The first-order chi connectivity index (χ1) is 8.64. The van der Waals surface area contributed by atoms with Crippen molar-refractivity contribution in [2.24, 2.45) is 5.92 Å². The van der Waals surface area contributed by atoms with Crippen molar-refractivity contribution in [1.29, 1.82) is 0 Å². The van der Waals surface area contributed by atoms with E-state index in [0.29, 0.717) is 5.92 Å². The Kier molecular flexibility index (Phi) is 9.62. The normalized spacial score (nSPS) is 17.8. The average Bonchev–Trinajstić information content (AvgIpc) is 2.40. The molecule has 0 rings (SSSR count). The Morgan fingerprint density at radius 3 is 1.56 bits per heavy atom. The van der Waals surface area contributed by atoms with Crippen LogP contribution < -0.4 is 0 Å². The Bertz CT molecular complexity index is 243. The van der Waals surface area contributed by atoms with E-state index in [1.807, 2.05) is 0 Å². The summed E-state index contributed by atoms with van der Waals surface area (Å²) in [5.41, 5.74) is 0. The number of hydrogen-bond donors (Lipinski definition) is 1. The molecule has 0 aliphatic rings. The van der Waals surface area contributed by atoms with Gasteiger partial charge in [0.2, 0.25) is 0 Å². The molecule has 0 aliphatic heterocycles. The summed E-state index contributed by atoms with van der Waals surface area (Å²) in [4.78, 5) is 0. The zero-order valence-corrected chi connectivity index (χ0v) is 12.5. The molecule has 0 heterocycles. The molecule has 0 fully saturated rings. The van der Waals surface area contributed by atoms with Gasteiger partial charge in [0.15, 0.2) is 0 Å². The number of aliphatic hydroxyl groups excluding tert-OH is 1.